The molecule has 0 radical (unpaired) electrons. The molecule has 5 heteroatoms. The Hall–Kier alpha value is -2.68. The standard InChI is InChI=1S/C23H27N3O2/c1-25-13-15-26(16-14-25)23(20-8-3-19(17-24)4-9-20)22(27)12-7-18-5-10-21(28-2)11-6-18/h3-6,8-11,23H,7,12-16H2,1-2H3. The fourth-order valence-corrected chi connectivity index (χ4v) is 3.62. The maximum atomic E-state index is 13.2. The number of carbonyl (C=O) groups excluding carboxylic acids is 1. The van der Waals surface area contributed by atoms with Gasteiger partial charge < -0.3 is 9.64 Å². The van der Waals surface area contributed by atoms with Crippen LogP contribution in [0, 0.1) is 11.3 Å². The van der Waals surface area contributed by atoms with Gasteiger partial charge >= 0.3 is 0 Å². The minimum absolute atomic E-state index is 0.227. The molecule has 28 heavy (non-hydrogen) atoms. The van der Waals surface area contributed by atoms with Gasteiger partial charge in [-0.1, -0.05) is 24.3 Å². The normalized spacial score (nSPS) is 16.3. The number of rotatable bonds is 7. The zero-order valence-corrected chi connectivity index (χ0v) is 16.6. The van der Waals surface area contributed by atoms with Crippen LogP contribution < -0.4 is 4.74 Å². The van der Waals surface area contributed by atoms with Crippen molar-refractivity contribution in [2.45, 2.75) is 18.9 Å². The Balaban J connectivity index is 1.74. The van der Waals surface area contributed by atoms with Gasteiger partial charge in [-0.15, -0.1) is 0 Å². The molecule has 3 rings (SSSR count). The first-order valence-corrected chi connectivity index (χ1v) is 9.69. The fourth-order valence-electron chi connectivity index (χ4n) is 3.62. The molecule has 2 aromatic carbocycles. The summed E-state index contributed by atoms with van der Waals surface area (Å²) in [6.45, 7) is 3.65. The second kappa shape index (κ2) is 9.50. The largest absolute Gasteiger partial charge is 0.497 e. The van der Waals surface area contributed by atoms with E-state index >= 15 is 0 Å². The Morgan fingerprint density at radius 3 is 2.29 bits per heavy atom. The summed E-state index contributed by atoms with van der Waals surface area (Å²) in [7, 11) is 3.76. The van der Waals surface area contributed by atoms with Gasteiger partial charge in [-0.3, -0.25) is 9.69 Å². The van der Waals surface area contributed by atoms with Crippen LogP contribution in [0.4, 0.5) is 0 Å². The topological polar surface area (TPSA) is 56.6 Å². The molecule has 0 spiro atoms. The van der Waals surface area contributed by atoms with Gasteiger partial charge in [-0.25, -0.2) is 0 Å². The Morgan fingerprint density at radius 1 is 1.07 bits per heavy atom. The van der Waals surface area contributed by atoms with Crippen molar-refractivity contribution in [3.05, 3.63) is 65.2 Å². The molecule has 1 aliphatic rings. The Bertz CT molecular complexity index is 816. The number of nitriles is 1. The van der Waals surface area contributed by atoms with Crippen molar-refractivity contribution in [1.29, 1.82) is 5.26 Å². The van der Waals surface area contributed by atoms with E-state index in [9.17, 15) is 4.79 Å². The molecular weight excluding hydrogens is 350 g/mol. The average molecular weight is 377 g/mol. The SMILES string of the molecule is COc1ccc(CCC(=O)C(c2ccc(C#N)cc2)N2CCN(C)CC2)cc1. The van der Waals surface area contributed by atoms with Crippen LogP contribution in [0.5, 0.6) is 5.75 Å². The molecule has 0 N–H and O–H groups in total. The van der Waals surface area contributed by atoms with E-state index in [-0.39, 0.29) is 11.8 Å². The van der Waals surface area contributed by atoms with Crippen molar-refractivity contribution in [2.24, 2.45) is 0 Å². The van der Waals surface area contributed by atoms with Crippen LogP contribution in [0.1, 0.15) is 29.2 Å². The maximum Gasteiger partial charge on any atom is 0.154 e. The second-order valence-electron chi connectivity index (χ2n) is 7.29. The van der Waals surface area contributed by atoms with E-state index in [1.54, 1.807) is 19.2 Å². The van der Waals surface area contributed by atoms with Crippen LogP contribution in [0.25, 0.3) is 0 Å². The molecule has 1 saturated heterocycles. The van der Waals surface area contributed by atoms with E-state index in [1.165, 1.54) is 0 Å². The molecular formula is C23H27N3O2. The lowest BCUT2D eigenvalue weighted by Gasteiger charge is -2.37. The molecule has 1 aliphatic heterocycles. The van der Waals surface area contributed by atoms with E-state index in [4.69, 9.17) is 10.00 Å². The van der Waals surface area contributed by atoms with Crippen LogP contribution in [-0.2, 0) is 11.2 Å². The number of benzene rings is 2. The van der Waals surface area contributed by atoms with E-state index in [0.29, 0.717) is 18.4 Å². The number of piperazine rings is 1. The lowest BCUT2D eigenvalue weighted by Crippen LogP contribution is -2.47. The molecule has 146 valence electrons. The zero-order valence-electron chi connectivity index (χ0n) is 16.6. The summed E-state index contributed by atoms with van der Waals surface area (Å²) in [6, 6.07) is 17.2. The summed E-state index contributed by atoms with van der Waals surface area (Å²) in [4.78, 5) is 17.8. The van der Waals surface area contributed by atoms with E-state index in [2.05, 4.69) is 22.9 Å². The van der Waals surface area contributed by atoms with Crippen LogP contribution in [0.15, 0.2) is 48.5 Å². The van der Waals surface area contributed by atoms with Crippen molar-refractivity contribution in [2.75, 3.05) is 40.3 Å². The van der Waals surface area contributed by atoms with Gasteiger partial charge in [0.2, 0.25) is 0 Å². The first-order chi connectivity index (χ1) is 13.6. The number of Topliss-reactive ketones (excluding diaryl/α,β-unsaturated/α-hetero) is 1. The predicted molar refractivity (Wildman–Crippen MR) is 109 cm³/mol. The Kier molecular flexibility index (Phi) is 6.80. The summed E-state index contributed by atoms with van der Waals surface area (Å²) >= 11 is 0. The molecule has 2 aromatic rings. The lowest BCUT2D eigenvalue weighted by atomic mass is 9.95. The van der Waals surface area contributed by atoms with Gasteiger partial charge in [0.1, 0.15) is 5.75 Å². The molecule has 5 nitrogen and oxygen atoms in total. The average Bonchev–Trinajstić information content (AvgIpc) is 2.74. The molecule has 1 unspecified atom stereocenters. The molecule has 1 fully saturated rings. The van der Waals surface area contributed by atoms with Crippen molar-refractivity contribution >= 4 is 5.78 Å². The summed E-state index contributed by atoms with van der Waals surface area (Å²) in [5.74, 6) is 1.05. The number of likely N-dealkylation sites (N-methyl/N-ethyl adjacent to an activating group) is 1. The maximum absolute atomic E-state index is 13.2. The third-order valence-electron chi connectivity index (χ3n) is 5.38. The fraction of sp³-hybridized carbons (Fsp3) is 0.391. The van der Waals surface area contributed by atoms with Crippen molar-refractivity contribution in [3.8, 4) is 11.8 Å². The Morgan fingerprint density at radius 2 is 1.71 bits per heavy atom. The van der Waals surface area contributed by atoms with E-state index < -0.39 is 0 Å². The molecule has 0 bridgehead atoms. The number of hydrogen-bond acceptors (Lipinski definition) is 5. The molecule has 1 atom stereocenters. The predicted octanol–water partition coefficient (Wildman–Crippen LogP) is 3.06. The second-order valence-corrected chi connectivity index (χ2v) is 7.29. The van der Waals surface area contributed by atoms with Gasteiger partial charge in [0.25, 0.3) is 0 Å². The quantitative estimate of drug-likeness (QED) is 0.742. The summed E-state index contributed by atoms with van der Waals surface area (Å²) in [5, 5.41) is 9.06. The smallest absolute Gasteiger partial charge is 0.154 e. The summed E-state index contributed by atoms with van der Waals surface area (Å²) in [6.07, 6.45) is 1.20. The number of nitrogens with zero attached hydrogens (tertiary/aromatic N) is 3. The highest BCUT2D eigenvalue weighted by Gasteiger charge is 2.29. The zero-order chi connectivity index (χ0) is 19.9. The summed E-state index contributed by atoms with van der Waals surface area (Å²) in [5.41, 5.74) is 2.72. The number of methoxy groups -OCH3 is 1. The summed E-state index contributed by atoms with van der Waals surface area (Å²) < 4.78 is 5.20. The monoisotopic (exact) mass is 377 g/mol. The minimum atomic E-state index is -0.250. The van der Waals surface area contributed by atoms with Crippen molar-refractivity contribution in [1.82, 2.24) is 9.80 Å². The van der Waals surface area contributed by atoms with Crippen molar-refractivity contribution < 1.29 is 9.53 Å². The highest BCUT2D eigenvalue weighted by Crippen LogP contribution is 2.26. The highest BCUT2D eigenvalue weighted by molar-refractivity contribution is 5.85. The van der Waals surface area contributed by atoms with Gasteiger partial charge in [0.05, 0.1) is 24.8 Å². The van der Waals surface area contributed by atoms with E-state index in [0.717, 1.165) is 43.1 Å². The molecule has 0 aromatic heterocycles. The van der Waals surface area contributed by atoms with Crippen molar-refractivity contribution in [3.63, 3.8) is 0 Å². The molecule has 0 saturated carbocycles. The third-order valence-corrected chi connectivity index (χ3v) is 5.38. The van der Waals surface area contributed by atoms with Crippen LogP contribution >= 0.6 is 0 Å². The van der Waals surface area contributed by atoms with Gasteiger partial charge in [-0.2, -0.15) is 5.26 Å². The lowest BCUT2D eigenvalue weighted by molar-refractivity contribution is -0.125. The number of carbonyl (C=O) groups is 1. The molecule has 0 aliphatic carbocycles. The third kappa shape index (κ3) is 4.98. The highest BCUT2D eigenvalue weighted by atomic mass is 16.5. The molecule has 0 amide bonds. The number of hydrogen-bond donors (Lipinski definition) is 0. The van der Waals surface area contributed by atoms with Crippen LogP contribution in [0.2, 0.25) is 0 Å². The van der Waals surface area contributed by atoms with Gasteiger partial charge in [0, 0.05) is 32.6 Å². The Labute approximate surface area is 167 Å². The van der Waals surface area contributed by atoms with Gasteiger partial charge in [-0.05, 0) is 48.9 Å². The number of ether oxygens (including phenoxy) is 1. The number of ketones is 1. The first-order valence-electron chi connectivity index (χ1n) is 9.69. The van der Waals surface area contributed by atoms with Crippen LogP contribution in [0.3, 0.4) is 0 Å². The first kappa shape index (κ1) is 20.1. The molecule has 1 heterocycles. The number of aryl methyl sites for hydroxylation is 1. The van der Waals surface area contributed by atoms with Gasteiger partial charge in [0.15, 0.2) is 5.78 Å². The van der Waals surface area contributed by atoms with E-state index in [1.807, 2.05) is 36.4 Å². The van der Waals surface area contributed by atoms with Crippen LogP contribution in [-0.4, -0.2) is 55.9 Å². The minimum Gasteiger partial charge on any atom is -0.497 e.